The molecule has 22 heavy (non-hydrogen) atoms. The molecule has 1 aliphatic rings. The number of carboxylic acids is 1. The van der Waals surface area contributed by atoms with Gasteiger partial charge in [0.15, 0.2) is 0 Å². The zero-order valence-electron chi connectivity index (χ0n) is 12.3. The zero-order chi connectivity index (χ0) is 16.3. The van der Waals surface area contributed by atoms with Crippen molar-refractivity contribution in [3.63, 3.8) is 0 Å². The first kappa shape index (κ1) is 16.2. The molecule has 0 saturated carbocycles. The average molecular weight is 323 g/mol. The summed E-state index contributed by atoms with van der Waals surface area (Å²) < 4.78 is 4.69. The molecule has 0 aliphatic heterocycles. The van der Waals surface area contributed by atoms with Gasteiger partial charge in [-0.05, 0) is 25.8 Å². The number of hydrogen-bond acceptors (Lipinski definition) is 5. The number of hydrogen-bond donors (Lipinski definition) is 2. The summed E-state index contributed by atoms with van der Waals surface area (Å²) in [5, 5.41) is 12.3. The van der Waals surface area contributed by atoms with Gasteiger partial charge < -0.3 is 15.2 Å². The highest BCUT2D eigenvalue weighted by atomic mass is 32.1. The maximum atomic E-state index is 12.4. The van der Waals surface area contributed by atoms with Crippen molar-refractivity contribution in [2.45, 2.75) is 19.8 Å². The minimum atomic E-state index is -0.986. The standard InChI is InChI=1S/C15H17NO5S/c1-8-7-11(15(20)21-2)13(22-8)16-12(17)9-5-3-4-6-10(9)14(18)19/h3-4,7,9-10H,5-6H2,1-2H3,(H,16,17)(H,18,19)/t9-,10-/m1/s1. The van der Waals surface area contributed by atoms with E-state index in [1.165, 1.54) is 18.4 Å². The molecule has 1 aliphatic carbocycles. The van der Waals surface area contributed by atoms with Crippen molar-refractivity contribution in [2.75, 3.05) is 12.4 Å². The number of aryl methyl sites for hydroxylation is 1. The third kappa shape index (κ3) is 3.36. The average Bonchev–Trinajstić information content (AvgIpc) is 2.86. The topological polar surface area (TPSA) is 92.7 Å². The fourth-order valence-electron chi connectivity index (χ4n) is 2.45. The Labute approximate surface area is 131 Å². The van der Waals surface area contributed by atoms with Gasteiger partial charge >= 0.3 is 11.9 Å². The molecule has 118 valence electrons. The summed E-state index contributed by atoms with van der Waals surface area (Å²) in [5.41, 5.74) is 0.288. The van der Waals surface area contributed by atoms with Crippen LogP contribution in [0.5, 0.6) is 0 Å². The number of amides is 1. The molecule has 2 N–H and O–H groups in total. The lowest BCUT2D eigenvalue weighted by Gasteiger charge is -2.24. The maximum Gasteiger partial charge on any atom is 0.340 e. The summed E-state index contributed by atoms with van der Waals surface area (Å²) in [6.45, 7) is 1.82. The number of nitrogens with one attached hydrogen (secondary N) is 1. The molecule has 6 nitrogen and oxygen atoms in total. The number of aliphatic carboxylic acids is 1. The van der Waals surface area contributed by atoms with Crippen molar-refractivity contribution in [1.29, 1.82) is 0 Å². The van der Waals surface area contributed by atoms with Gasteiger partial charge in [0, 0.05) is 4.88 Å². The zero-order valence-corrected chi connectivity index (χ0v) is 13.1. The van der Waals surface area contributed by atoms with Crippen LogP contribution in [-0.2, 0) is 14.3 Å². The Hall–Kier alpha value is -2.15. The highest BCUT2D eigenvalue weighted by Crippen LogP contribution is 2.31. The van der Waals surface area contributed by atoms with E-state index >= 15 is 0 Å². The number of carbonyl (C=O) groups is 3. The quantitative estimate of drug-likeness (QED) is 0.656. The molecule has 1 amide bonds. The van der Waals surface area contributed by atoms with E-state index in [9.17, 15) is 19.5 Å². The van der Waals surface area contributed by atoms with E-state index in [2.05, 4.69) is 10.1 Å². The Morgan fingerprint density at radius 2 is 1.91 bits per heavy atom. The monoisotopic (exact) mass is 323 g/mol. The Kier molecular flexibility index (Phi) is 4.97. The van der Waals surface area contributed by atoms with Crippen molar-refractivity contribution in [2.24, 2.45) is 11.8 Å². The summed E-state index contributed by atoms with van der Waals surface area (Å²) in [4.78, 5) is 36.2. The number of methoxy groups -OCH3 is 1. The lowest BCUT2D eigenvalue weighted by molar-refractivity contribution is -0.146. The highest BCUT2D eigenvalue weighted by molar-refractivity contribution is 7.16. The van der Waals surface area contributed by atoms with Crippen molar-refractivity contribution >= 4 is 34.2 Å². The number of carbonyl (C=O) groups excluding carboxylic acids is 2. The van der Waals surface area contributed by atoms with Gasteiger partial charge in [-0.2, -0.15) is 0 Å². The molecule has 0 unspecified atom stereocenters. The van der Waals surface area contributed by atoms with Crippen LogP contribution < -0.4 is 5.32 Å². The molecule has 7 heteroatoms. The summed E-state index contributed by atoms with van der Waals surface area (Å²) >= 11 is 1.26. The predicted octanol–water partition coefficient (Wildman–Crippen LogP) is 2.45. The summed E-state index contributed by atoms with van der Waals surface area (Å²) in [5.74, 6) is -3.29. The van der Waals surface area contributed by atoms with E-state index in [0.29, 0.717) is 17.8 Å². The second-order valence-electron chi connectivity index (χ2n) is 5.07. The number of ether oxygens (including phenoxy) is 1. The predicted molar refractivity (Wildman–Crippen MR) is 82.0 cm³/mol. The first-order valence-corrected chi connectivity index (χ1v) is 7.63. The number of thiophene rings is 1. The minimum Gasteiger partial charge on any atom is -0.481 e. The number of allylic oxidation sites excluding steroid dienone is 2. The van der Waals surface area contributed by atoms with E-state index in [1.807, 2.05) is 13.0 Å². The molecule has 2 atom stereocenters. The van der Waals surface area contributed by atoms with E-state index in [1.54, 1.807) is 12.1 Å². The highest BCUT2D eigenvalue weighted by Gasteiger charge is 2.34. The third-order valence-corrected chi connectivity index (χ3v) is 4.55. The summed E-state index contributed by atoms with van der Waals surface area (Å²) in [7, 11) is 1.27. The van der Waals surface area contributed by atoms with Crippen molar-refractivity contribution in [3.8, 4) is 0 Å². The molecule has 0 fully saturated rings. The van der Waals surface area contributed by atoms with Gasteiger partial charge in [-0.15, -0.1) is 11.3 Å². The first-order chi connectivity index (χ1) is 10.4. The van der Waals surface area contributed by atoms with Gasteiger partial charge in [0.25, 0.3) is 0 Å². The smallest absolute Gasteiger partial charge is 0.340 e. The largest absolute Gasteiger partial charge is 0.481 e. The van der Waals surface area contributed by atoms with Gasteiger partial charge in [0.2, 0.25) is 5.91 Å². The molecular formula is C15H17NO5S. The van der Waals surface area contributed by atoms with Crippen molar-refractivity contribution in [1.82, 2.24) is 0 Å². The fraction of sp³-hybridized carbons (Fsp3) is 0.400. The van der Waals surface area contributed by atoms with Gasteiger partial charge in [-0.3, -0.25) is 9.59 Å². The van der Waals surface area contributed by atoms with Crippen LogP contribution in [0.3, 0.4) is 0 Å². The molecule has 1 aromatic rings. The van der Waals surface area contributed by atoms with Crippen LogP contribution in [0.4, 0.5) is 5.00 Å². The van der Waals surface area contributed by atoms with Crippen LogP contribution in [0, 0.1) is 18.8 Å². The maximum absolute atomic E-state index is 12.4. The lowest BCUT2D eigenvalue weighted by atomic mass is 9.82. The Bertz CT molecular complexity index is 634. The molecule has 0 radical (unpaired) electrons. The Morgan fingerprint density at radius 3 is 2.50 bits per heavy atom. The molecule has 1 heterocycles. The summed E-state index contributed by atoms with van der Waals surface area (Å²) in [6.07, 6.45) is 4.30. The molecule has 0 aromatic carbocycles. The first-order valence-electron chi connectivity index (χ1n) is 6.81. The minimum absolute atomic E-state index is 0.288. The number of anilines is 1. The van der Waals surface area contributed by atoms with Crippen LogP contribution in [0.25, 0.3) is 0 Å². The van der Waals surface area contributed by atoms with Crippen LogP contribution in [0.1, 0.15) is 28.1 Å². The van der Waals surface area contributed by atoms with E-state index in [-0.39, 0.29) is 11.5 Å². The SMILES string of the molecule is COC(=O)c1cc(C)sc1NC(=O)[C@@H]1CC=CC[C@H]1C(=O)O. The van der Waals surface area contributed by atoms with Crippen molar-refractivity contribution in [3.05, 3.63) is 28.7 Å². The second kappa shape index (κ2) is 6.74. The van der Waals surface area contributed by atoms with E-state index in [4.69, 9.17) is 0 Å². The van der Waals surface area contributed by atoms with E-state index in [0.717, 1.165) is 4.88 Å². The number of rotatable bonds is 4. The van der Waals surface area contributed by atoms with Gasteiger partial charge in [0.1, 0.15) is 5.00 Å². The lowest BCUT2D eigenvalue weighted by Crippen LogP contribution is -2.34. The molecule has 0 bridgehead atoms. The fourth-order valence-corrected chi connectivity index (χ4v) is 3.35. The molecule has 1 aromatic heterocycles. The van der Waals surface area contributed by atoms with Crippen molar-refractivity contribution < 1.29 is 24.2 Å². The molecule has 2 rings (SSSR count). The molecule has 0 saturated heterocycles. The van der Waals surface area contributed by atoms with Crippen LogP contribution in [-0.4, -0.2) is 30.1 Å². The third-order valence-electron chi connectivity index (χ3n) is 3.58. The Morgan fingerprint density at radius 1 is 1.27 bits per heavy atom. The molecular weight excluding hydrogens is 306 g/mol. The van der Waals surface area contributed by atoms with Gasteiger partial charge in [-0.25, -0.2) is 4.79 Å². The van der Waals surface area contributed by atoms with Crippen LogP contribution >= 0.6 is 11.3 Å². The van der Waals surface area contributed by atoms with Gasteiger partial charge in [0.05, 0.1) is 24.5 Å². The van der Waals surface area contributed by atoms with Gasteiger partial charge in [-0.1, -0.05) is 12.2 Å². The molecule has 0 spiro atoms. The number of carboxylic acid groups (broad SMARTS) is 1. The number of esters is 1. The second-order valence-corrected chi connectivity index (χ2v) is 6.33. The normalized spacial score (nSPS) is 20.5. The van der Waals surface area contributed by atoms with E-state index < -0.39 is 23.8 Å². The summed E-state index contributed by atoms with van der Waals surface area (Å²) in [6, 6.07) is 1.64. The Balaban J connectivity index is 2.20. The van der Waals surface area contributed by atoms with Crippen LogP contribution in [0.15, 0.2) is 18.2 Å². The van der Waals surface area contributed by atoms with Crippen LogP contribution in [0.2, 0.25) is 0 Å².